The summed E-state index contributed by atoms with van der Waals surface area (Å²) in [5, 5.41) is 0. The Kier molecular flexibility index (Phi) is 45.7. The van der Waals surface area contributed by atoms with E-state index in [0.29, 0.717) is 0 Å². The van der Waals surface area contributed by atoms with E-state index in [0.717, 1.165) is 0 Å². The quantitative estimate of drug-likeness (QED) is 0.499. The van der Waals surface area contributed by atoms with Crippen LogP contribution >= 0.6 is 0 Å². The Labute approximate surface area is 59.3 Å². The van der Waals surface area contributed by atoms with Gasteiger partial charge >= 0.3 is 0 Å². The molecular weight excluding hydrogens is 110 g/mol. The molecule has 1 heteroatoms. The van der Waals surface area contributed by atoms with Gasteiger partial charge in [-0.2, -0.15) is 0 Å². The molecule has 0 heterocycles. The molecule has 0 aromatic carbocycles. The van der Waals surface area contributed by atoms with Gasteiger partial charge in [0.2, 0.25) is 0 Å². The van der Waals surface area contributed by atoms with Crippen LogP contribution in [0.3, 0.4) is 0 Å². The van der Waals surface area contributed by atoms with Crippen molar-refractivity contribution in [2.24, 2.45) is 5.73 Å². The number of rotatable bonds is 0. The Morgan fingerprint density at radius 3 is 1.33 bits per heavy atom. The second-order valence-corrected chi connectivity index (χ2v) is 1.37. The molecule has 0 amide bonds. The summed E-state index contributed by atoms with van der Waals surface area (Å²) >= 11 is 0. The van der Waals surface area contributed by atoms with Crippen LogP contribution in [-0.2, 0) is 0 Å². The molecule has 0 aromatic rings. The summed E-state index contributed by atoms with van der Waals surface area (Å²) in [6.45, 7) is 12.2. The van der Waals surface area contributed by atoms with Crippen LogP contribution in [0, 0.1) is 0 Å². The second-order valence-electron chi connectivity index (χ2n) is 1.37. The predicted molar refractivity (Wildman–Crippen MR) is 46.5 cm³/mol. The standard InChI is InChI=1S/C5H10.C2H4.CH5N/c1-4-5(2)3;2*1-2/h4H,1-3H3;1-2H2;2H2,1H3. The fraction of sp³-hybridized carbons (Fsp3) is 0.500. The lowest BCUT2D eigenvalue weighted by molar-refractivity contribution is 1.36. The summed E-state index contributed by atoms with van der Waals surface area (Å²) in [5.74, 6) is 0. The van der Waals surface area contributed by atoms with Crippen LogP contribution in [0.2, 0.25) is 0 Å². The van der Waals surface area contributed by atoms with E-state index in [2.05, 4.69) is 38.8 Å². The minimum Gasteiger partial charge on any atom is -0.333 e. The number of nitrogens with two attached hydrogens (primary N) is 1. The minimum absolute atomic E-state index is 1.38. The van der Waals surface area contributed by atoms with Gasteiger partial charge in [-0.25, -0.2) is 0 Å². The van der Waals surface area contributed by atoms with Crippen LogP contribution in [0.4, 0.5) is 0 Å². The highest BCUT2D eigenvalue weighted by atomic mass is 14.4. The summed E-state index contributed by atoms with van der Waals surface area (Å²) in [7, 11) is 1.50. The van der Waals surface area contributed by atoms with Crippen LogP contribution in [0.5, 0.6) is 0 Å². The molecule has 0 unspecified atom stereocenters. The number of hydrogen-bond donors (Lipinski definition) is 1. The van der Waals surface area contributed by atoms with Gasteiger partial charge in [0.1, 0.15) is 0 Å². The van der Waals surface area contributed by atoms with E-state index < -0.39 is 0 Å². The molecule has 0 aromatic heterocycles. The molecule has 56 valence electrons. The summed E-state index contributed by atoms with van der Waals surface area (Å²) < 4.78 is 0. The molecule has 0 rings (SSSR count). The molecule has 0 saturated heterocycles. The Balaban J connectivity index is -0.0000000771. The summed E-state index contributed by atoms with van der Waals surface area (Å²) in [6, 6.07) is 0. The topological polar surface area (TPSA) is 26.0 Å². The summed E-state index contributed by atoms with van der Waals surface area (Å²) in [5.41, 5.74) is 5.88. The summed E-state index contributed by atoms with van der Waals surface area (Å²) in [6.07, 6.45) is 2.08. The van der Waals surface area contributed by atoms with E-state index in [-0.39, 0.29) is 0 Å². The van der Waals surface area contributed by atoms with Crippen molar-refractivity contribution in [1.82, 2.24) is 0 Å². The highest BCUT2D eigenvalue weighted by Crippen LogP contribution is 1.82. The largest absolute Gasteiger partial charge is 0.333 e. The maximum Gasteiger partial charge on any atom is -0.0195 e. The predicted octanol–water partition coefficient (Wildman–Crippen LogP) is 2.35. The van der Waals surface area contributed by atoms with Gasteiger partial charge in [-0.05, 0) is 27.8 Å². The first-order valence-electron chi connectivity index (χ1n) is 2.94. The maximum absolute atomic E-state index is 4.50. The lowest BCUT2D eigenvalue weighted by Gasteiger charge is -1.74. The molecule has 2 N–H and O–H groups in total. The molecule has 0 atom stereocenters. The lowest BCUT2D eigenvalue weighted by atomic mass is 10.3. The zero-order valence-electron chi connectivity index (χ0n) is 7.07. The van der Waals surface area contributed by atoms with Crippen LogP contribution in [-0.4, -0.2) is 7.05 Å². The molecule has 1 nitrogen and oxygen atoms in total. The van der Waals surface area contributed by atoms with E-state index in [1.807, 2.05) is 6.92 Å². The van der Waals surface area contributed by atoms with Crippen molar-refractivity contribution in [1.29, 1.82) is 0 Å². The lowest BCUT2D eigenvalue weighted by Crippen LogP contribution is -1.69. The zero-order valence-corrected chi connectivity index (χ0v) is 7.07. The first kappa shape index (κ1) is 15.8. The Bertz CT molecular complexity index is 51.6. The van der Waals surface area contributed by atoms with Crippen molar-refractivity contribution in [2.75, 3.05) is 7.05 Å². The second kappa shape index (κ2) is 26.1. The molecule has 0 saturated carbocycles. The maximum atomic E-state index is 4.50. The van der Waals surface area contributed by atoms with E-state index in [9.17, 15) is 0 Å². The minimum atomic E-state index is 1.38. The Morgan fingerprint density at radius 2 is 1.33 bits per heavy atom. The molecule has 0 fully saturated rings. The Hall–Kier alpha value is -0.560. The van der Waals surface area contributed by atoms with Gasteiger partial charge in [-0.1, -0.05) is 11.6 Å². The van der Waals surface area contributed by atoms with Gasteiger partial charge in [-0.3, -0.25) is 0 Å². The molecular formula is C8H19N. The van der Waals surface area contributed by atoms with Crippen molar-refractivity contribution in [3.8, 4) is 0 Å². The first-order chi connectivity index (χ1) is 4.27. The molecule has 0 aliphatic rings. The molecule has 0 aliphatic heterocycles. The van der Waals surface area contributed by atoms with Gasteiger partial charge in [-0.15, -0.1) is 13.2 Å². The molecule has 0 bridgehead atoms. The average molecular weight is 129 g/mol. The van der Waals surface area contributed by atoms with E-state index in [4.69, 9.17) is 0 Å². The smallest absolute Gasteiger partial charge is 0.0195 e. The fourth-order valence-corrected chi connectivity index (χ4v) is 0. The molecule has 0 spiro atoms. The molecule has 0 radical (unpaired) electrons. The number of allylic oxidation sites excluding steroid dienone is 2. The van der Waals surface area contributed by atoms with Gasteiger partial charge in [0.25, 0.3) is 0 Å². The molecule has 0 aliphatic carbocycles. The van der Waals surface area contributed by atoms with E-state index in [1.54, 1.807) is 0 Å². The van der Waals surface area contributed by atoms with Crippen LogP contribution < -0.4 is 5.73 Å². The van der Waals surface area contributed by atoms with Crippen LogP contribution in [0.25, 0.3) is 0 Å². The SMILES string of the molecule is C=C.CC=C(C)C.CN. The monoisotopic (exact) mass is 129 g/mol. The number of hydrogen-bond acceptors (Lipinski definition) is 1. The van der Waals surface area contributed by atoms with Crippen molar-refractivity contribution >= 4 is 0 Å². The van der Waals surface area contributed by atoms with Gasteiger partial charge in [0.15, 0.2) is 0 Å². The van der Waals surface area contributed by atoms with E-state index in [1.165, 1.54) is 12.6 Å². The van der Waals surface area contributed by atoms with Crippen molar-refractivity contribution < 1.29 is 0 Å². The fourth-order valence-electron chi connectivity index (χ4n) is 0. The summed E-state index contributed by atoms with van der Waals surface area (Å²) in [4.78, 5) is 0. The van der Waals surface area contributed by atoms with Gasteiger partial charge in [0.05, 0.1) is 0 Å². The van der Waals surface area contributed by atoms with Crippen molar-refractivity contribution in [2.45, 2.75) is 20.8 Å². The first-order valence-corrected chi connectivity index (χ1v) is 2.94. The van der Waals surface area contributed by atoms with Crippen molar-refractivity contribution in [3.63, 3.8) is 0 Å². The van der Waals surface area contributed by atoms with Gasteiger partial charge in [0, 0.05) is 0 Å². The third-order valence-electron chi connectivity index (χ3n) is 0.577. The zero-order chi connectivity index (χ0) is 8.28. The van der Waals surface area contributed by atoms with Crippen LogP contribution in [0.15, 0.2) is 24.8 Å². The third-order valence-corrected chi connectivity index (χ3v) is 0.577. The van der Waals surface area contributed by atoms with Crippen molar-refractivity contribution in [3.05, 3.63) is 24.8 Å². The average Bonchev–Trinajstić information content (AvgIpc) is 1.97. The van der Waals surface area contributed by atoms with E-state index >= 15 is 0 Å². The Morgan fingerprint density at radius 1 is 1.22 bits per heavy atom. The van der Waals surface area contributed by atoms with Gasteiger partial charge < -0.3 is 5.73 Å². The van der Waals surface area contributed by atoms with Crippen LogP contribution in [0.1, 0.15) is 20.8 Å². The normalized spacial score (nSPS) is 5.00. The third kappa shape index (κ3) is 106. The highest BCUT2D eigenvalue weighted by Gasteiger charge is 1.60. The highest BCUT2D eigenvalue weighted by molar-refractivity contribution is 4.88. The molecule has 9 heavy (non-hydrogen) atoms.